The first-order chi connectivity index (χ1) is 16.1. The molecule has 5 rings (SSSR count). The standard InChI is InChI=1S/C25H24FN3O4/c26-19-11-7-10-18-21(17-8-3-1-4-9-17)29-16-27(13-5-2-6-15-33-24(18)19)25(32)22-23(31)20(30)12-14-28(22)29/h1,3-4,7-12,14,21,31H,2,5-6,13,15-16H2. The van der Waals surface area contributed by atoms with Gasteiger partial charge in [0.05, 0.1) is 6.61 Å². The molecule has 2 aliphatic heterocycles. The minimum atomic E-state index is -0.622. The van der Waals surface area contributed by atoms with Gasteiger partial charge in [0.25, 0.3) is 5.91 Å². The highest BCUT2D eigenvalue weighted by molar-refractivity contribution is 5.96. The van der Waals surface area contributed by atoms with Crippen molar-refractivity contribution in [1.82, 2.24) is 9.58 Å². The highest BCUT2D eigenvalue weighted by Gasteiger charge is 2.37. The highest BCUT2D eigenvalue weighted by atomic mass is 19.1. The first-order valence-corrected chi connectivity index (χ1v) is 11.0. The lowest BCUT2D eigenvalue weighted by molar-refractivity contribution is 0.0674. The number of benzene rings is 2. The molecule has 2 aliphatic rings. The average Bonchev–Trinajstić information content (AvgIpc) is 2.81. The summed E-state index contributed by atoms with van der Waals surface area (Å²) in [4.78, 5) is 27.1. The van der Waals surface area contributed by atoms with Gasteiger partial charge in [0.15, 0.2) is 23.0 Å². The molecule has 7 nitrogen and oxygen atoms in total. The Morgan fingerprint density at radius 1 is 0.970 bits per heavy atom. The Morgan fingerprint density at radius 3 is 2.61 bits per heavy atom. The monoisotopic (exact) mass is 449 g/mol. The first-order valence-electron chi connectivity index (χ1n) is 11.0. The molecule has 0 saturated carbocycles. The molecular formula is C25H24FN3O4. The number of para-hydroxylation sites is 1. The van der Waals surface area contributed by atoms with Crippen LogP contribution in [0.15, 0.2) is 65.6 Å². The predicted octanol–water partition coefficient (Wildman–Crippen LogP) is 3.40. The highest BCUT2D eigenvalue weighted by Crippen LogP contribution is 2.38. The van der Waals surface area contributed by atoms with Crippen molar-refractivity contribution in [2.24, 2.45) is 0 Å². The van der Waals surface area contributed by atoms with E-state index < -0.39 is 28.9 Å². The molecule has 0 fully saturated rings. The number of pyridine rings is 1. The van der Waals surface area contributed by atoms with Crippen molar-refractivity contribution < 1.29 is 19.0 Å². The Morgan fingerprint density at radius 2 is 1.79 bits per heavy atom. The summed E-state index contributed by atoms with van der Waals surface area (Å²) in [5.74, 6) is -1.28. The molecular weight excluding hydrogens is 425 g/mol. The van der Waals surface area contributed by atoms with E-state index in [0.717, 1.165) is 24.8 Å². The fourth-order valence-electron chi connectivity index (χ4n) is 4.56. The summed E-state index contributed by atoms with van der Waals surface area (Å²) in [6.07, 6.45) is 3.72. The smallest absolute Gasteiger partial charge is 0.277 e. The van der Waals surface area contributed by atoms with Crippen molar-refractivity contribution in [2.75, 3.05) is 24.8 Å². The molecule has 2 bridgehead atoms. The first kappa shape index (κ1) is 21.1. The van der Waals surface area contributed by atoms with Crippen molar-refractivity contribution >= 4 is 5.91 Å². The number of fused-ring (bicyclic) bond motifs is 5. The number of aromatic hydroxyl groups is 1. The summed E-state index contributed by atoms with van der Waals surface area (Å²) in [5, 5.41) is 12.4. The van der Waals surface area contributed by atoms with E-state index in [2.05, 4.69) is 0 Å². The summed E-state index contributed by atoms with van der Waals surface area (Å²) in [7, 11) is 0. The molecule has 170 valence electrons. The van der Waals surface area contributed by atoms with Gasteiger partial charge in [-0.25, -0.2) is 4.39 Å². The number of hydrogen-bond acceptors (Lipinski definition) is 5. The second-order valence-electron chi connectivity index (χ2n) is 8.25. The third-order valence-corrected chi connectivity index (χ3v) is 6.16. The molecule has 1 atom stereocenters. The quantitative estimate of drug-likeness (QED) is 0.617. The van der Waals surface area contributed by atoms with Gasteiger partial charge < -0.3 is 14.7 Å². The van der Waals surface area contributed by atoms with Gasteiger partial charge in [-0.15, -0.1) is 0 Å². The Hall–Kier alpha value is -3.81. The maximum atomic E-state index is 15.0. The number of halogens is 1. The molecule has 1 aromatic heterocycles. The zero-order chi connectivity index (χ0) is 22.9. The molecule has 33 heavy (non-hydrogen) atoms. The Balaban J connectivity index is 1.78. The van der Waals surface area contributed by atoms with Crippen molar-refractivity contribution in [2.45, 2.75) is 25.3 Å². The fourth-order valence-corrected chi connectivity index (χ4v) is 4.56. The molecule has 1 unspecified atom stereocenters. The minimum absolute atomic E-state index is 0.0920. The number of carbonyl (C=O) groups is 1. The second kappa shape index (κ2) is 8.61. The van der Waals surface area contributed by atoms with E-state index in [-0.39, 0.29) is 18.1 Å². The van der Waals surface area contributed by atoms with Crippen LogP contribution in [0.4, 0.5) is 4.39 Å². The number of carbonyl (C=O) groups excluding carboxylic acids is 1. The zero-order valence-corrected chi connectivity index (χ0v) is 18.0. The van der Waals surface area contributed by atoms with Crippen LogP contribution in [-0.4, -0.2) is 40.4 Å². The van der Waals surface area contributed by atoms with Crippen LogP contribution in [0, 0.1) is 5.82 Å². The Kier molecular flexibility index (Phi) is 5.50. The maximum Gasteiger partial charge on any atom is 0.277 e. The number of ether oxygens (including phenoxy) is 1. The molecule has 0 saturated heterocycles. The van der Waals surface area contributed by atoms with E-state index in [4.69, 9.17) is 4.74 Å². The van der Waals surface area contributed by atoms with Crippen LogP contribution < -0.4 is 15.2 Å². The van der Waals surface area contributed by atoms with Gasteiger partial charge in [-0.2, -0.15) is 0 Å². The number of amides is 1. The van der Waals surface area contributed by atoms with Gasteiger partial charge in [0.1, 0.15) is 12.7 Å². The summed E-state index contributed by atoms with van der Waals surface area (Å²) in [6.45, 7) is 1.03. The van der Waals surface area contributed by atoms with E-state index in [9.17, 15) is 19.1 Å². The molecule has 0 spiro atoms. The van der Waals surface area contributed by atoms with Crippen LogP contribution in [-0.2, 0) is 0 Å². The number of hydrogen-bond donors (Lipinski definition) is 1. The lowest BCUT2D eigenvalue weighted by Crippen LogP contribution is -2.55. The van der Waals surface area contributed by atoms with Gasteiger partial charge >= 0.3 is 0 Å². The van der Waals surface area contributed by atoms with E-state index >= 15 is 0 Å². The van der Waals surface area contributed by atoms with Crippen molar-refractivity contribution in [3.63, 3.8) is 0 Å². The van der Waals surface area contributed by atoms with E-state index in [0.29, 0.717) is 18.7 Å². The van der Waals surface area contributed by atoms with Crippen molar-refractivity contribution in [3.8, 4) is 11.5 Å². The summed E-state index contributed by atoms with van der Waals surface area (Å²) in [5.41, 5.74) is 0.734. The summed E-state index contributed by atoms with van der Waals surface area (Å²) in [6, 6.07) is 15.0. The molecule has 3 aromatic rings. The number of nitrogens with zero attached hydrogens (tertiary/aromatic N) is 3. The van der Waals surface area contributed by atoms with Crippen LogP contribution in [0.3, 0.4) is 0 Å². The van der Waals surface area contributed by atoms with E-state index in [1.54, 1.807) is 11.0 Å². The van der Waals surface area contributed by atoms with Crippen LogP contribution in [0.5, 0.6) is 11.5 Å². The molecule has 0 radical (unpaired) electrons. The lowest BCUT2D eigenvalue weighted by Gasteiger charge is -2.44. The SMILES string of the molecule is O=C1c2c(O)c(=O)ccn2N2CN1CCCCCOc1c(F)cccc1C2c1ccccc1. The fraction of sp³-hybridized carbons (Fsp3) is 0.280. The summed E-state index contributed by atoms with van der Waals surface area (Å²) >= 11 is 0. The van der Waals surface area contributed by atoms with E-state index in [1.807, 2.05) is 41.4 Å². The van der Waals surface area contributed by atoms with Gasteiger partial charge in [-0.05, 0) is 30.9 Å². The lowest BCUT2D eigenvalue weighted by atomic mass is 9.96. The van der Waals surface area contributed by atoms with Crippen LogP contribution in [0.25, 0.3) is 0 Å². The second-order valence-corrected chi connectivity index (χ2v) is 8.25. The molecule has 8 heteroatoms. The van der Waals surface area contributed by atoms with Gasteiger partial charge in [-0.3, -0.25) is 19.3 Å². The molecule has 1 amide bonds. The molecule has 3 heterocycles. The van der Waals surface area contributed by atoms with Crippen LogP contribution >= 0.6 is 0 Å². The normalized spacial score (nSPS) is 18.5. The van der Waals surface area contributed by atoms with Gasteiger partial charge in [0.2, 0.25) is 5.43 Å². The third-order valence-electron chi connectivity index (χ3n) is 6.16. The van der Waals surface area contributed by atoms with Gasteiger partial charge in [-0.1, -0.05) is 42.5 Å². The molecule has 2 aromatic carbocycles. The molecule has 0 aliphatic carbocycles. The maximum absolute atomic E-state index is 15.0. The zero-order valence-electron chi connectivity index (χ0n) is 18.0. The topological polar surface area (TPSA) is 75.0 Å². The van der Waals surface area contributed by atoms with Gasteiger partial charge in [0, 0.05) is 24.4 Å². The molecule has 1 N–H and O–H groups in total. The predicted molar refractivity (Wildman–Crippen MR) is 121 cm³/mol. The van der Waals surface area contributed by atoms with Crippen molar-refractivity contribution in [1.29, 1.82) is 0 Å². The minimum Gasteiger partial charge on any atom is -0.502 e. The Bertz CT molecular complexity index is 1240. The third kappa shape index (κ3) is 3.71. The summed E-state index contributed by atoms with van der Waals surface area (Å²) < 4.78 is 22.4. The largest absolute Gasteiger partial charge is 0.502 e. The van der Waals surface area contributed by atoms with Crippen molar-refractivity contribution in [3.05, 3.63) is 93.7 Å². The Labute approximate surface area is 190 Å². The number of rotatable bonds is 1. The van der Waals surface area contributed by atoms with Crippen LogP contribution in [0.2, 0.25) is 0 Å². The van der Waals surface area contributed by atoms with E-state index in [1.165, 1.54) is 23.0 Å². The number of aromatic nitrogens is 1. The average molecular weight is 449 g/mol. The van der Waals surface area contributed by atoms with Crippen LogP contribution in [0.1, 0.15) is 46.9 Å².